The molecule has 1 amide bonds. The summed E-state index contributed by atoms with van der Waals surface area (Å²) in [5.41, 5.74) is 0.388. The monoisotopic (exact) mass is 356 g/mol. The summed E-state index contributed by atoms with van der Waals surface area (Å²) in [6.07, 6.45) is 1.79. The number of anilines is 1. The number of amides is 1. The topological polar surface area (TPSA) is 84.9 Å². The number of carbonyl (C=O) groups is 1. The average Bonchev–Trinajstić information content (AvgIpc) is 3.00. The summed E-state index contributed by atoms with van der Waals surface area (Å²) < 4.78 is 36.5. The zero-order chi connectivity index (χ0) is 17.7. The van der Waals surface area contributed by atoms with E-state index < -0.39 is 10.0 Å². The van der Waals surface area contributed by atoms with Crippen LogP contribution < -0.4 is 19.1 Å². The van der Waals surface area contributed by atoms with Crippen LogP contribution in [0.4, 0.5) is 5.69 Å². The first-order valence-corrected chi connectivity index (χ1v) is 9.67. The highest BCUT2D eigenvalue weighted by Crippen LogP contribution is 2.36. The molecule has 0 saturated carbocycles. The third-order valence-electron chi connectivity index (χ3n) is 3.76. The summed E-state index contributed by atoms with van der Waals surface area (Å²) in [5.74, 6) is 0.613. The molecular formula is C16H24N2O5S. The predicted molar refractivity (Wildman–Crippen MR) is 91.9 cm³/mol. The maximum Gasteiger partial charge on any atom is 0.240 e. The Balaban J connectivity index is 2.21. The number of benzene rings is 1. The molecule has 0 aliphatic carbocycles. The van der Waals surface area contributed by atoms with Crippen LogP contribution in [0, 0.1) is 0 Å². The Bertz CT molecular complexity index is 690. The van der Waals surface area contributed by atoms with Crippen molar-refractivity contribution in [1.82, 2.24) is 5.32 Å². The number of hydrogen-bond acceptors (Lipinski definition) is 5. The number of nitrogens with zero attached hydrogens (tertiary/aromatic N) is 1. The van der Waals surface area contributed by atoms with Gasteiger partial charge < -0.3 is 14.8 Å². The van der Waals surface area contributed by atoms with E-state index in [0.29, 0.717) is 17.2 Å². The lowest BCUT2D eigenvalue weighted by Gasteiger charge is -2.24. The molecule has 8 heteroatoms. The van der Waals surface area contributed by atoms with Gasteiger partial charge in [-0.15, -0.1) is 0 Å². The first-order chi connectivity index (χ1) is 11.4. The second-order valence-corrected chi connectivity index (χ2v) is 7.88. The molecule has 1 heterocycles. The molecule has 1 aliphatic heterocycles. The molecule has 7 nitrogen and oxygen atoms in total. The lowest BCUT2D eigenvalue weighted by Crippen LogP contribution is -2.44. The van der Waals surface area contributed by atoms with Crippen molar-refractivity contribution in [2.45, 2.75) is 39.7 Å². The Morgan fingerprint density at radius 1 is 1.29 bits per heavy atom. The van der Waals surface area contributed by atoms with Crippen molar-refractivity contribution < 1.29 is 22.7 Å². The minimum Gasteiger partial charge on any atom is -0.454 e. The van der Waals surface area contributed by atoms with Crippen molar-refractivity contribution in [2.75, 3.05) is 23.4 Å². The van der Waals surface area contributed by atoms with Crippen molar-refractivity contribution in [3.05, 3.63) is 18.2 Å². The number of carbonyl (C=O) groups excluding carboxylic acids is 1. The summed E-state index contributed by atoms with van der Waals surface area (Å²) in [6, 6.07) is 4.85. The molecule has 0 radical (unpaired) electrons. The quantitative estimate of drug-likeness (QED) is 0.769. The zero-order valence-electron chi connectivity index (χ0n) is 14.2. The van der Waals surface area contributed by atoms with Crippen molar-refractivity contribution in [2.24, 2.45) is 0 Å². The van der Waals surface area contributed by atoms with Crippen molar-refractivity contribution >= 4 is 21.6 Å². The van der Waals surface area contributed by atoms with Crippen molar-refractivity contribution in [3.63, 3.8) is 0 Å². The van der Waals surface area contributed by atoms with E-state index in [0.717, 1.165) is 17.1 Å². The van der Waals surface area contributed by atoms with Gasteiger partial charge in [0, 0.05) is 12.1 Å². The van der Waals surface area contributed by atoms with Crippen LogP contribution >= 0.6 is 0 Å². The van der Waals surface area contributed by atoms with Crippen molar-refractivity contribution in [1.29, 1.82) is 0 Å². The third-order valence-corrected chi connectivity index (χ3v) is 5.50. The first-order valence-electron chi connectivity index (χ1n) is 8.06. The van der Waals surface area contributed by atoms with Gasteiger partial charge in [0.1, 0.15) is 6.54 Å². The van der Waals surface area contributed by atoms with Crippen LogP contribution in [0.2, 0.25) is 0 Å². The second-order valence-electron chi connectivity index (χ2n) is 5.70. The Kier molecular flexibility index (Phi) is 5.93. The fourth-order valence-corrected chi connectivity index (χ4v) is 3.56. The molecular weight excluding hydrogens is 332 g/mol. The van der Waals surface area contributed by atoms with Crippen LogP contribution in [0.25, 0.3) is 0 Å². The van der Waals surface area contributed by atoms with E-state index >= 15 is 0 Å². The molecule has 2 rings (SSSR count). The maximum absolute atomic E-state index is 12.4. The Morgan fingerprint density at radius 3 is 2.67 bits per heavy atom. The highest BCUT2D eigenvalue weighted by molar-refractivity contribution is 7.92. The van der Waals surface area contributed by atoms with Crippen LogP contribution in [-0.4, -0.2) is 39.5 Å². The van der Waals surface area contributed by atoms with Gasteiger partial charge in [0.15, 0.2) is 11.5 Å². The fraction of sp³-hybridized carbons (Fsp3) is 0.562. The van der Waals surface area contributed by atoms with Crippen LogP contribution in [0.5, 0.6) is 11.5 Å². The van der Waals surface area contributed by atoms with Crippen LogP contribution in [-0.2, 0) is 14.8 Å². The van der Waals surface area contributed by atoms with Gasteiger partial charge in [-0.25, -0.2) is 8.42 Å². The highest BCUT2D eigenvalue weighted by Gasteiger charge is 2.26. The molecule has 0 aromatic heterocycles. The lowest BCUT2D eigenvalue weighted by molar-refractivity contribution is -0.120. The molecule has 134 valence electrons. The Morgan fingerprint density at radius 2 is 2.00 bits per heavy atom. The van der Waals surface area contributed by atoms with Crippen molar-refractivity contribution in [3.8, 4) is 11.5 Å². The van der Waals surface area contributed by atoms with E-state index in [2.05, 4.69) is 5.32 Å². The Hall–Kier alpha value is -1.96. The van der Waals surface area contributed by atoms with Gasteiger partial charge in [-0.3, -0.25) is 9.10 Å². The summed E-state index contributed by atoms with van der Waals surface area (Å²) >= 11 is 0. The van der Waals surface area contributed by atoms with E-state index in [9.17, 15) is 13.2 Å². The molecule has 1 aromatic carbocycles. The largest absolute Gasteiger partial charge is 0.454 e. The van der Waals surface area contributed by atoms with Crippen LogP contribution in [0.3, 0.4) is 0 Å². The van der Waals surface area contributed by atoms with Gasteiger partial charge in [-0.1, -0.05) is 13.3 Å². The van der Waals surface area contributed by atoms with E-state index in [1.807, 2.05) is 13.8 Å². The molecule has 0 bridgehead atoms. The number of hydrogen-bond donors (Lipinski definition) is 1. The molecule has 1 aliphatic rings. The third kappa shape index (κ3) is 4.31. The van der Waals surface area contributed by atoms with E-state index in [4.69, 9.17) is 9.47 Å². The van der Waals surface area contributed by atoms with Gasteiger partial charge >= 0.3 is 0 Å². The van der Waals surface area contributed by atoms with Gasteiger partial charge in [0.25, 0.3) is 0 Å². The van der Waals surface area contributed by atoms with E-state index in [-0.39, 0.29) is 31.0 Å². The SMILES string of the molecule is CCC[C@@H](C)NC(=O)CN(c1ccc2c(c1)OCO2)S(=O)(=O)CC. The summed E-state index contributed by atoms with van der Waals surface area (Å²) in [4.78, 5) is 12.2. The smallest absolute Gasteiger partial charge is 0.240 e. The average molecular weight is 356 g/mol. The van der Waals surface area contributed by atoms with Crippen LogP contribution in [0.1, 0.15) is 33.6 Å². The van der Waals surface area contributed by atoms with E-state index in [1.54, 1.807) is 25.1 Å². The number of nitrogens with one attached hydrogen (secondary N) is 1. The molecule has 0 unspecified atom stereocenters. The lowest BCUT2D eigenvalue weighted by atomic mass is 10.2. The normalized spacial score (nSPS) is 14.3. The highest BCUT2D eigenvalue weighted by atomic mass is 32.2. The van der Waals surface area contributed by atoms with E-state index in [1.165, 1.54) is 0 Å². The van der Waals surface area contributed by atoms with Gasteiger partial charge in [-0.05, 0) is 32.4 Å². The number of ether oxygens (including phenoxy) is 2. The van der Waals surface area contributed by atoms with Crippen LogP contribution in [0.15, 0.2) is 18.2 Å². The fourth-order valence-electron chi connectivity index (χ4n) is 2.50. The molecule has 0 fully saturated rings. The minimum absolute atomic E-state index is 0.00503. The molecule has 24 heavy (non-hydrogen) atoms. The number of rotatable bonds is 8. The summed E-state index contributed by atoms with van der Waals surface area (Å²) in [5, 5.41) is 2.83. The van der Waals surface area contributed by atoms with Gasteiger partial charge in [-0.2, -0.15) is 0 Å². The molecule has 1 atom stereocenters. The maximum atomic E-state index is 12.4. The second kappa shape index (κ2) is 7.74. The molecule has 1 N–H and O–H groups in total. The van der Waals surface area contributed by atoms with Gasteiger partial charge in [0.05, 0.1) is 11.4 Å². The number of fused-ring (bicyclic) bond motifs is 1. The Labute approximate surface area is 143 Å². The molecule has 0 spiro atoms. The standard InChI is InChI=1S/C16H24N2O5S/c1-4-6-12(3)17-16(19)10-18(24(20,21)5-2)13-7-8-14-15(9-13)23-11-22-14/h7-9,12H,4-6,10-11H2,1-3H3,(H,17,19)/t12-/m1/s1. The minimum atomic E-state index is -3.60. The summed E-state index contributed by atoms with van der Waals surface area (Å²) in [6.45, 7) is 5.33. The zero-order valence-corrected chi connectivity index (χ0v) is 15.1. The predicted octanol–water partition coefficient (Wildman–Crippen LogP) is 1.88. The first kappa shape index (κ1) is 18.4. The summed E-state index contributed by atoms with van der Waals surface area (Å²) in [7, 11) is -3.60. The molecule has 0 saturated heterocycles. The van der Waals surface area contributed by atoms with Gasteiger partial charge in [0.2, 0.25) is 22.7 Å². The number of sulfonamides is 1. The molecule has 1 aromatic rings.